The zero-order valence-corrected chi connectivity index (χ0v) is 9.30. The molecule has 0 fully saturated rings. The fraction of sp³-hybridized carbons (Fsp3) is 0.400. The highest BCUT2D eigenvalue weighted by Gasteiger charge is 2.00. The number of nitrogens with zero attached hydrogens (tertiary/aromatic N) is 1. The topological polar surface area (TPSA) is 68.0 Å². The second kappa shape index (κ2) is 7.25. The smallest absolute Gasteiger partial charge is 0.230 e. The lowest BCUT2D eigenvalue weighted by molar-refractivity contribution is -0.118. The van der Waals surface area contributed by atoms with Crippen molar-refractivity contribution in [3.05, 3.63) is 30.1 Å². The Morgan fingerprint density at radius 2 is 2.40 bits per heavy atom. The van der Waals surface area contributed by atoms with Crippen molar-refractivity contribution in [2.24, 2.45) is 5.73 Å². The number of nitrogens with one attached hydrogen (secondary N) is 1. The van der Waals surface area contributed by atoms with E-state index in [1.807, 2.05) is 18.2 Å². The van der Waals surface area contributed by atoms with Crippen molar-refractivity contribution < 1.29 is 4.79 Å². The number of aromatic nitrogens is 1. The van der Waals surface area contributed by atoms with Gasteiger partial charge in [-0.05, 0) is 12.1 Å². The van der Waals surface area contributed by atoms with Crippen LogP contribution < -0.4 is 11.1 Å². The van der Waals surface area contributed by atoms with Gasteiger partial charge in [-0.15, -0.1) is 11.8 Å². The van der Waals surface area contributed by atoms with Crippen LogP contribution in [0.15, 0.2) is 24.4 Å². The van der Waals surface area contributed by atoms with E-state index in [0.717, 1.165) is 11.4 Å². The molecule has 0 aliphatic carbocycles. The second-order valence-electron chi connectivity index (χ2n) is 2.95. The zero-order valence-electron chi connectivity index (χ0n) is 8.48. The van der Waals surface area contributed by atoms with E-state index in [4.69, 9.17) is 5.73 Å². The first-order valence-corrected chi connectivity index (χ1v) is 5.93. The van der Waals surface area contributed by atoms with Crippen LogP contribution in [0.5, 0.6) is 0 Å². The van der Waals surface area contributed by atoms with Crippen molar-refractivity contribution >= 4 is 17.7 Å². The highest BCUT2D eigenvalue weighted by Crippen LogP contribution is 2.08. The summed E-state index contributed by atoms with van der Waals surface area (Å²) < 4.78 is 0. The zero-order chi connectivity index (χ0) is 10.9. The van der Waals surface area contributed by atoms with Crippen LogP contribution in [0.3, 0.4) is 0 Å². The van der Waals surface area contributed by atoms with E-state index in [9.17, 15) is 4.79 Å². The molecule has 0 bridgehead atoms. The summed E-state index contributed by atoms with van der Waals surface area (Å²) >= 11 is 1.55. The van der Waals surface area contributed by atoms with Crippen molar-refractivity contribution in [2.75, 3.05) is 18.8 Å². The number of thioether (sulfide) groups is 1. The van der Waals surface area contributed by atoms with Crippen molar-refractivity contribution in [1.29, 1.82) is 0 Å². The molecule has 0 aliphatic rings. The number of pyridine rings is 1. The fourth-order valence-corrected chi connectivity index (χ4v) is 1.76. The molecule has 0 saturated heterocycles. The Labute approximate surface area is 93.7 Å². The third-order valence-electron chi connectivity index (χ3n) is 1.68. The maximum Gasteiger partial charge on any atom is 0.230 e. The van der Waals surface area contributed by atoms with Crippen LogP contribution in [-0.2, 0) is 10.5 Å². The van der Waals surface area contributed by atoms with Gasteiger partial charge in [-0.2, -0.15) is 0 Å². The first-order chi connectivity index (χ1) is 7.33. The van der Waals surface area contributed by atoms with E-state index < -0.39 is 0 Å². The summed E-state index contributed by atoms with van der Waals surface area (Å²) in [6, 6.07) is 5.77. The minimum Gasteiger partial charge on any atom is -0.354 e. The summed E-state index contributed by atoms with van der Waals surface area (Å²) in [5.74, 6) is 1.24. The second-order valence-corrected chi connectivity index (χ2v) is 3.94. The SMILES string of the molecule is NCCNC(=O)CSCc1ccccn1. The third kappa shape index (κ3) is 5.39. The minimum absolute atomic E-state index is 0.0291. The summed E-state index contributed by atoms with van der Waals surface area (Å²) in [4.78, 5) is 15.3. The third-order valence-corrected chi connectivity index (χ3v) is 2.64. The summed E-state index contributed by atoms with van der Waals surface area (Å²) in [6.07, 6.45) is 1.75. The molecule has 5 heteroatoms. The lowest BCUT2D eigenvalue weighted by Crippen LogP contribution is -2.30. The molecule has 1 aromatic rings. The average molecular weight is 225 g/mol. The Kier molecular flexibility index (Phi) is 5.80. The molecule has 1 amide bonds. The highest BCUT2D eigenvalue weighted by atomic mass is 32.2. The Morgan fingerprint density at radius 1 is 1.53 bits per heavy atom. The number of nitrogens with two attached hydrogens (primary N) is 1. The van der Waals surface area contributed by atoms with E-state index in [-0.39, 0.29) is 5.91 Å². The van der Waals surface area contributed by atoms with Gasteiger partial charge in [0, 0.05) is 25.0 Å². The molecule has 1 heterocycles. The average Bonchev–Trinajstić information content (AvgIpc) is 2.28. The van der Waals surface area contributed by atoms with Crippen LogP contribution in [0, 0.1) is 0 Å². The number of amides is 1. The normalized spacial score (nSPS) is 9.93. The van der Waals surface area contributed by atoms with Gasteiger partial charge in [0.15, 0.2) is 0 Å². The molecule has 0 unspecified atom stereocenters. The lowest BCUT2D eigenvalue weighted by Gasteiger charge is -2.02. The number of hydrogen-bond acceptors (Lipinski definition) is 4. The predicted octanol–water partition coefficient (Wildman–Crippen LogP) is 0.390. The molecular weight excluding hydrogens is 210 g/mol. The molecule has 0 aliphatic heterocycles. The standard InChI is InChI=1S/C10H15N3OS/c11-4-6-13-10(14)8-15-7-9-3-1-2-5-12-9/h1-3,5H,4,6-8,11H2,(H,13,14). The molecule has 3 N–H and O–H groups in total. The first kappa shape index (κ1) is 12.0. The minimum atomic E-state index is 0.0291. The molecule has 15 heavy (non-hydrogen) atoms. The van der Waals surface area contributed by atoms with Gasteiger partial charge < -0.3 is 11.1 Å². The molecule has 0 atom stereocenters. The quantitative estimate of drug-likeness (QED) is 0.735. The van der Waals surface area contributed by atoms with Crippen LogP contribution in [0.4, 0.5) is 0 Å². The molecule has 4 nitrogen and oxygen atoms in total. The molecule has 0 spiro atoms. The van der Waals surface area contributed by atoms with Gasteiger partial charge in [0.25, 0.3) is 0 Å². The summed E-state index contributed by atoms with van der Waals surface area (Å²) in [7, 11) is 0. The van der Waals surface area contributed by atoms with Crippen molar-refractivity contribution in [1.82, 2.24) is 10.3 Å². The number of rotatable bonds is 6. The van der Waals surface area contributed by atoms with Crippen molar-refractivity contribution in [2.45, 2.75) is 5.75 Å². The molecule has 0 radical (unpaired) electrons. The highest BCUT2D eigenvalue weighted by molar-refractivity contribution is 7.99. The van der Waals surface area contributed by atoms with Crippen LogP contribution in [0.2, 0.25) is 0 Å². The molecule has 0 aromatic carbocycles. The van der Waals surface area contributed by atoms with Crippen LogP contribution in [0.25, 0.3) is 0 Å². The van der Waals surface area contributed by atoms with Gasteiger partial charge in [-0.3, -0.25) is 9.78 Å². The van der Waals surface area contributed by atoms with Crippen LogP contribution in [0.1, 0.15) is 5.69 Å². The van der Waals surface area contributed by atoms with Crippen molar-refractivity contribution in [3.63, 3.8) is 0 Å². The van der Waals surface area contributed by atoms with Crippen LogP contribution >= 0.6 is 11.8 Å². The first-order valence-electron chi connectivity index (χ1n) is 4.77. The van der Waals surface area contributed by atoms with E-state index in [1.54, 1.807) is 18.0 Å². The molecule has 1 rings (SSSR count). The lowest BCUT2D eigenvalue weighted by atomic mass is 10.4. The van der Waals surface area contributed by atoms with E-state index in [2.05, 4.69) is 10.3 Å². The van der Waals surface area contributed by atoms with Gasteiger partial charge in [-0.1, -0.05) is 6.07 Å². The van der Waals surface area contributed by atoms with Gasteiger partial charge in [0.05, 0.1) is 11.4 Å². The summed E-state index contributed by atoms with van der Waals surface area (Å²) in [5.41, 5.74) is 6.26. The maximum atomic E-state index is 11.2. The predicted molar refractivity (Wildman–Crippen MR) is 62.5 cm³/mol. The molecular formula is C10H15N3OS. The Hall–Kier alpha value is -1.07. The Morgan fingerprint density at radius 3 is 3.07 bits per heavy atom. The van der Waals surface area contributed by atoms with E-state index >= 15 is 0 Å². The monoisotopic (exact) mass is 225 g/mol. The van der Waals surface area contributed by atoms with Gasteiger partial charge in [0.2, 0.25) is 5.91 Å². The number of hydrogen-bond donors (Lipinski definition) is 2. The van der Waals surface area contributed by atoms with E-state index in [0.29, 0.717) is 18.8 Å². The summed E-state index contributed by atoms with van der Waals surface area (Å²) in [5, 5.41) is 2.71. The van der Waals surface area contributed by atoms with Gasteiger partial charge in [0.1, 0.15) is 0 Å². The molecule has 1 aromatic heterocycles. The largest absolute Gasteiger partial charge is 0.354 e. The van der Waals surface area contributed by atoms with Crippen molar-refractivity contribution in [3.8, 4) is 0 Å². The fourth-order valence-electron chi connectivity index (χ4n) is 0.994. The number of carbonyl (C=O) groups excluding carboxylic acids is 1. The van der Waals surface area contributed by atoms with Crippen LogP contribution in [-0.4, -0.2) is 29.7 Å². The number of carbonyl (C=O) groups is 1. The molecule has 82 valence electrons. The molecule has 0 saturated carbocycles. The van der Waals surface area contributed by atoms with E-state index in [1.165, 1.54) is 0 Å². The maximum absolute atomic E-state index is 11.2. The summed E-state index contributed by atoms with van der Waals surface area (Å²) in [6.45, 7) is 1.03. The van der Waals surface area contributed by atoms with Gasteiger partial charge in [-0.25, -0.2) is 0 Å². The van der Waals surface area contributed by atoms with Gasteiger partial charge >= 0.3 is 0 Å². The Bertz CT molecular complexity index is 292. The Balaban J connectivity index is 2.14.